The van der Waals surface area contributed by atoms with Gasteiger partial charge in [0, 0.05) is 5.02 Å². The van der Waals surface area contributed by atoms with Gasteiger partial charge in [-0.2, -0.15) is 0 Å². The van der Waals surface area contributed by atoms with Crippen molar-refractivity contribution in [2.24, 2.45) is 0 Å². The summed E-state index contributed by atoms with van der Waals surface area (Å²) in [5.41, 5.74) is 9.83. The number of fused-ring (bicyclic) bond motifs is 1. The molecule has 2 atom stereocenters. The van der Waals surface area contributed by atoms with Crippen LogP contribution < -0.4 is 11.3 Å². The third-order valence-electron chi connectivity index (χ3n) is 5.83. The second-order valence-corrected chi connectivity index (χ2v) is 8.30. The molecule has 0 saturated carbocycles. The zero-order valence-electron chi connectivity index (χ0n) is 16.9. The Bertz CT molecular complexity index is 1290. The van der Waals surface area contributed by atoms with Gasteiger partial charge in [0.1, 0.15) is 0 Å². The Kier molecular flexibility index (Phi) is 5.22. The van der Waals surface area contributed by atoms with E-state index in [0.717, 1.165) is 29.5 Å². The molecule has 3 aromatic carbocycles. The fourth-order valence-electron chi connectivity index (χ4n) is 4.19. The first-order chi connectivity index (χ1) is 15.1. The Morgan fingerprint density at radius 2 is 1.77 bits per heavy atom. The number of hydrogen-bond donors (Lipinski definition) is 1. The molecule has 5 nitrogen and oxygen atoms in total. The summed E-state index contributed by atoms with van der Waals surface area (Å²) in [5.74, 6) is 0.209. The van der Waals surface area contributed by atoms with Crippen molar-refractivity contribution < 1.29 is 4.74 Å². The van der Waals surface area contributed by atoms with Gasteiger partial charge < -0.3 is 10.5 Å². The van der Waals surface area contributed by atoms with Crippen molar-refractivity contribution in [3.05, 3.63) is 93.7 Å². The lowest BCUT2D eigenvalue weighted by Gasteiger charge is -2.17. The number of anilines is 1. The van der Waals surface area contributed by atoms with Gasteiger partial charge in [0.25, 0.3) is 5.56 Å². The molecule has 31 heavy (non-hydrogen) atoms. The highest BCUT2D eigenvalue weighted by molar-refractivity contribution is 6.30. The molecule has 1 saturated heterocycles. The fraction of sp³-hybridized carbons (Fsp3) is 0.200. The minimum Gasteiger partial charge on any atom is -0.369 e. The van der Waals surface area contributed by atoms with Gasteiger partial charge in [-0.3, -0.25) is 9.36 Å². The van der Waals surface area contributed by atoms with Crippen LogP contribution in [0, 0.1) is 0 Å². The van der Waals surface area contributed by atoms with Crippen LogP contribution in [0.4, 0.5) is 5.95 Å². The summed E-state index contributed by atoms with van der Waals surface area (Å²) in [4.78, 5) is 17.7. The first kappa shape index (κ1) is 19.8. The van der Waals surface area contributed by atoms with E-state index in [4.69, 9.17) is 22.1 Å². The summed E-state index contributed by atoms with van der Waals surface area (Å²) in [6.45, 7) is 0.387. The Hall–Kier alpha value is -3.15. The predicted molar refractivity (Wildman–Crippen MR) is 124 cm³/mol. The standard InChI is InChI=1S/C25H22ClN3O2/c26-19-9-6-17(7-10-19)23-13-11-20(31-23)15-29-24(30)21-12-8-18(14-22(21)28-25(29)27)16-4-2-1-3-5-16/h1-10,12,14,20,23H,11,13,15H2,(H2,27,28). The van der Waals surface area contributed by atoms with Crippen molar-refractivity contribution in [3.8, 4) is 11.1 Å². The SMILES string of the molecule is Nc1nc2cc(-c3ccccc3)ccc2c(=O)n1CC1CCC(c2ccc(Cl)cc2)O1. The van der Waals surface area contributed by atoms with E-state index in [0.29, 0.717) is 22.5 Å². The summed E-state index contributed by atoms with van der Waals surface area (Å²) in [6.07, 6.45) is 1.65. The van der Waals surface area contributed by atoms with Crippen LogP contribution in [-0.2, 0) is 11.3 Å². The van der Waals surface area contributed by atoms with Crippen molar-refractivity contribution in [2.75, 3.05) is 5.73 Å². The van der Waals surface area contributed by atoms with E-state index in [9.17, 15) is 4.79 Å². The molecule has 1 aromatic heterocycles. The van der Waals surface area contributed by atoms with Gasteiger partial charge in [0.2, 0.25) is 5.95 Å². The molecule has 0 aliphatic carbocycles. The third kappa shape index (κ3) is 3.94. The molecule has 1 aliphatic rings. The minimum absolute atomic E-state index is 0.000962. The Balaban J connectivity index is 1.40. The quantitative estimate of drug-likeness (QED) is 0.481. The lowest BCUT2D eigenvalue weighted by molar-refractivity contribution is 0.0348. The molecule has 0 spiro atoms. The number of nitrogens with zero attached hydrogens (tertiary/aromatic N) is 2. The molecule has 6 heteroatoms. The number of halogens is 1. The molecule has 0 amide bonds. The van der Waals surface area contributed by atoms with Gasteiger partial charge >= 0.3 is 0 Å². The van der Waals surface area contributed by atoms with Gasteiger partial charge in [-0.15, -0.1) is 0 Å². The largest absolute Gasteiger partial charge is 0.369 e. The number of aromatic nitrogens is 2. The highest BCUT2D eigenvalue weighted by Gasteiger charge is 2.27. The highest BCUT2D eigenvalue weighted by atomic mass is 35.5. The van der Waals surface area contributed by atoms with Gasteiger partial charge in [-0.05, 0) is 53.8 Å². The van der Waals surface area contributed by atoms with Gasteiger partial charge in [0.05, 0.1) is 29.7 Å². The van der Waals surface area contributed by atoms with Crippen LogP contribution in [0.2, 0.25) is 5.02 Å². The van der Waals surface area contributed by atoms with Gasteiger partial charge in [0.15, 0.2) is 0 Å². The lowest BCUT2D eigenvalue weighted by Crippen LogP contribution is -2.29. The van der Waals surface area contributed by atoms with Crippen LogP contribution in [0.25, 0.3) is 22.0 Å². The first-order valence-corrected chi connectivity index (χ1v) is 10.7. The maximum absolute atomic E-state index is 13.1. The molecule has 1 aliphatic heterocycles. The van der Waals surface area contributed by atoms with Crippen LogP contribution in [-0.4, -0.2) is 15.7 Å². The van der Waals surface area contributed by atoms with Crippen molar-refractivity contribution in [1.29, 1.82) is 0 Å². The van der Waals surface area contributed by atoms with Crippen LogP contribution in [0.15, 0.2) is 77.6 Å². The molecular weight excluding hydrogens is 410 g/mol. The zero-order chi connectivity index (χ0) is 21.4. The monoisotopic (exact) mass is 431 g/mol. The van der Waals surface area contributed by atoms with Crippen LogP contribution in [0.1, 0.15) is 24.5 Å². The Labute approximate surface area is 185 Å². The average molecular weight is 432 g/mol. The molecule has 0 bridgehead atoms. The zero-order valence-corrected chi connectivity index (χ0v) is 17.6. The van der Waals surface area contributed by atoms with E-state index in [-0.39, 0.29) is 23.7 Å². The number of benzene rings is 3. The molecule has 5 rings (SSSR count). The predicted octanol–water partition coefficient (Wildman–Crippen LogP) is 5.22. The van der Waals surface area contributed by atoms with E-state index in [2.05, 4.69) is 4.98 Å². The second kappa shape index (κ2) is 8.17. The van der Waals surface area contributed by atoms with E-state index >= 15 is 0 Å². The number of hydrogen-bond acceptors (Lipinski definition) is 4. The summed E-state index contributed by atoms with van der Waals surface area (Å²) in [6, 6.07) is 23.4. The molecule has 2 unspecified atom stereocenters. The number of nitrogen functional groups attached to an aromatic ring is 1. The normalized spacial score (nSPS) is 18.5. The smallest absolute Gasteiger partial charge is 0.262 e. The Morgan fingerprint density at radius 3 is 2.55 bits per heavy atom. The van der Waals surface area contributed by atoms with Crippen molar-refractivity contribution >= 4 is 28.5 Å². The summed E-state index contributed by atoms with van der Waals surface area (Å²) in [5, 5.41) is 1.26. The first-order valence-electron chi connectivity index (χ1n) is 10.3. The van der Waals surface area contributed by atoms with E-state index in [1.807, 2.05) is 72.8 Å². The van der Waals surface area contributed by atoms with E-state index < -0.39 is 0 Å². The maximum atomic E-state index is 13.1. The molecule has 4 aromatic rings. The molecule has 1 fully saturated rings. The Morgan fingerprint density at radius 1 is 1.00 bits per heavy atom. The van der Waals surface area contributed by atoms with E-state index in [1.165, 1.54) is 4.57 Å². The van der Waals surface area contributed by atoms with Gasteiger partial charge in [-0.25, -0.2) is 4.98 Å². The maximum Gasteiger partial charge on any atom is 0.262 e. The number of nitrogens with two attached hydrogens (primary N) is 1. The minimum atomic E-state index is -0.138. The highest BCUT2D eigenvalue weighted by Crippen LogP contribution is 2.34. The van der Waals surface area contributed by atoms with Crippen LogP contribution in [0.3, 0.4) is 0 Å². The van der Waals surface area contributed by atoms with Crippen molar-refractivity contribution in [2.45, 2.75) is 31.6 Å². The number of ether oxygens (including phenoxy) is 1. The van der Waals surface area contributed by atoms with E-state index in [1.54, 1.807) is 0 Å². The molecule has 2 N–H and O–H groups in total. The third-order valence-corrected chi connectivity index (χ3v) is 6.08. The van der Waals surface area contributed by atoms with Crippen LogP contribution in [0.5, 0.6) is 0 Å². The second-order valence-electron chi connectivity index (χ2n) is 7.86. The lowest BCUT2D eigenvalue weighted by atomic mass is 10.0. The van der Waals surface area contributed by atoms with Crippen molar-refractivity contribution in [3.63, 3.8) is 0 Å². The fourth-order valence-corrected chi connectivity index (χ4v) is 4.32. The average Bonchev–Trinajstić information content (AvgIpc) is 3.26. The molecule has 2 heterocycles. The molecule has 156 valence electrons. The summed E-state index contributed by atoms with van der Waals surface area (Å²) < 4.78 is 7.73. The molecule has 0 radical (unpaired) electrons. The number of rotatable bonds is 4. The summed E-state index contributed by atoms with van der Waals surface area (Å²) >= 11 is 5.98. The summed E-state index contributed by atoms with van der Waals surface area (Å²) in [7, 11) is 0. The van der Waals surface area contributed by atoms with Crippen LogP contribution >= 0.6 is 11.6 Å². The van der Waals surface area contributed by atoms with Crippen molar-refractivity contribution in [1.82, 2.24) is 9.55 Å². The molecular formula is C25H22ClN3O2. The topological polar surface area (TPSA) is 70.1 Å². The van der Waals surface area contributed by atoms with Gasteiger partial charge in [-0.1, -0.05) is 60.1 Å².